The van der Waals surface area contributed by atoms with Gasteiger partial charge in [-0.15, -0.1) is 0 Å². The maximum absolute atomic E-state index is 11.9. The first-order chi connectivity index (χ1) is 11.0. The lowest BCUT2D eigenvalue weighted by atomic mass is 10.1. The standard InChI is InChI=1S/C17H14Cl2N2O2/c1-11(13-5-6-15(18)16(19)8-13)21-17(22)10-23-14-4-2-3-12(7-14)9-20/h2-8,11H,10H2,1H3,(H,21,22). The van der Waals surface area contributed by atoms with Crippen LogP contribution in [0.3, 0.4) is 0 Å². The summed E-state index contributed by atoms with van der Waals surface area (Å²) in [6.45, 7) is 1.70. The molecule has 1 atom stereocenters. The minimum atomic E-state index is -0.272. The molecule has 0 aliphatic heterocycles. The van der Waals surface area contributed by atoms with Crippen LogP contribution in [-0.4, -0.2) is 12.5 Å². The molecule has 0 fully saturated rings. The van der Waals surface area contributed by atoms with Gasteiger partial charge in [-0.3, -0.25) is 4.79 Å². The van der Waals surface area contributed by atoms with E-state index in [1.54, 1.807) is 42.5 Å². The number of halogens is 2. The van der Waals surface area contributed by atoms with Crippen LogP contribution in [-0.2, 0) is 4.79 Å². The first kappa shape index (κ1) is 17.1. The van der Waals surface area contributed by atoms with Crippen molar-refractivity contribution >= 4 is 29.1 Å². The summed E-state index contributed by atoms with van der Waals surface area (Å²) in [5, 5.41) is 12.5. The molecule has 118 valence electrons. The van der Waals surface area contributed by atoms with Crippen molar-refractivity contribution in [3.8, 4) is 11.8 Å². The summed E-state index contributed by atoms with van der Waals surface area (Å²) in [5.74, 6) is 0.201. The van der Waals surface area contributed by atoms with E-state index in [2.05, 4.69) is 5.32 Å². The number of carbonyl (C=O) groups is 1. The van der Waals surface area contributed by atoms with Gasteiger partial charge in [-0.05, 0) is 42.8 Å². The summed E-state index contributed by atoms with van der Waals surface area (Å²) >= 11 is 11.8. The molecule has 1 amide bonds. The Kier molecular flexibility index (Phi) is 5.86. The minimum Gasteiger partial charge on any atom is -0.484 e. The van der Waals surface area contributed by atoms with E-state index >= 15 is 0 Å². The second-order valence-electron chi connectivity index (χ2n) is 4.89. The fourth-order valence-corrected chi connectivity index (χ4v) is 2.26. The third-order valence-corrected chi connectivity index (χ3v) is 3.89. The zero-order valence-corrected chi connectivity index (χ0v) is 13.9. The largest absolute Gasteiger partial charge is 0.484 e. The number of ether oxygens (including phenoxy) is 1. The van der Waals surface area contributed by atoms with Gasteiger partial charge in [-0.2, -0.15) is 5.26 Å². The molecule has 0 aromatic heterocycles. The zero-order chi connectivity index (χ0) is 16.8. The van der Waals surface area contributed by atoms with Crippen LogP contribution in [0.25, 0.3) is 0 Å². The molecule has 0 aliphatic rings. The number of carbonyl (C=O) groups excluding carboxylic acids is 1. The minimum absolute atomic E-state index is 0.138. The van der Waals surface area contributed by atoms with Gasteiger partial charge in [0.1, 0.15) is 5.75 Å². The SMILES string of the molecule is CC(NC(=O)COc1cccc(C#N)c1)c1ccc(Cl)c(Cl)c1. The Morgan fingerprint density at radius 1 is 1.26 bits per heavy atom. The van der Waals surface area contributed by atoms with Crippen molar-refractivity contribution in [2.45, 2.75) is 13.0 Å². The molecule has 0 saturated heterocycles. The molecule has 0 heterocycles. The van der Waals surface area contributed by atoms with E-state index in [1.165, 1.54) is 0 Å². The van der Waals surface area contributed by atoms with Crippen LogP contribution in [0.2, 0.25) is 10.0 Å². The van der Waals surface area contributed by atoms with E-state index in [4.69, 9.17) is 33.2 Å². The Morgan fingerprint density at radius 2 is 2.04 bits per heavy atom. The maximum Gasteiger partial charge on any atom is 0.258 e. The molecule has 2 rings (SSSR count). The Hall–Kier alpha value is -2.22. The quantitative estimate of drug-likeness (QED) is 0.883. The van der Waals surface area contributed by atoms with Gasteiger partial charge in [0.05, 0.1) is 27.7 Å². The van der Waals surface area contributed by atoms with Gasteiger partial charge in [-0.1, -0.05) is 35.3 Å². The average Bonchev–Trinajstić information content (AvgIpc) is 2.55. The molecule has 1 N–H and O–H groups in total. The summed E-state index contributed by atoms with van der Waals surface area (Å²) in [6, 6.07) is 13.6. The molecule has 0 aliphatic carbocycles. The summed E-state index contributed by atoms with van der Waals surface area (Å²) in [4.78, 5) is 11.9. The summed E-state index contributed by atoms with van der Waals surface area (Å²) in [5.41, 5.74) is 1.33. The predicted octanol–water partition coefficient (Wildman–Crippen LogP) is 4.12. The topological polar surface area (TPSA) is 62.1 Å². The Morgan fingerprint density at radius 3 is 2.74 bits per heavy atom. The first-order valence-electron chi connectivity index (χ1n) is 6.87. The van der Waals surface area contributed by atoms with Crippen LogP contribution in [0.5, 0.6) is 5.75 Å². The lowest BCUT2D eigenvalue weighted by molar-refractivity contribution is -0.123. The average molecular weight is 349 g/mol. The number of amides is 1. The number of nitrogens with one attached hydrogen (secondary N) is 1. The second kappa shape index (κ2) is 7.87. The third-order valence-electron chi connectivity index (χ3n) is 3.15. The zero-order valence-electron chi connectivity index (χ0n) is 12.3. The van der Waals surface area contributed by atoms with Crippen LogP contribution >= 0.6 is 23.2 Å². The maximum atomic E-state index is 11.9. The van der Waals surface area contributed by atoms with Gasteiger partial charge in [-0.25, -0.2) is 0 Å². The van der Waals surface area contributed by atoms with Crippen LogP contribution in [0, 0.1) is 11.3 Å². The number of hydrogen-bond donors (Lipinski definition) is 1. The summed E-state index contributed by atoms with van der Waals surface area (Å²) in [6.07, 6.45) is 0. The van der Waals surface area contributed by atoms with Crippen molar-refractivity contribution in [3.63, 3.8) is 0 Å². The summed E-state index contributed by atoms with van der Waals surface area (Å²) < 4.78 is 5.38. The molecule has 0 saturated carbocycles. The number of benzene rings is 2. The molecular weight excluding hydrogens is 335 g/mol. The number of rotatable bonds is 5. The van der Waals surface area contributed by atoms with Crippen molar-refractivity contribution in [1.29, 1.82) is 5.26 Å². The van der Waals surface area contributed by atoms with E-state index < -0.39 is 0 Å². The van der Waals surface area contributed by atoms with E-state index in [9.17, 15) is 4.79 Å². The fourth-order valence-electron chi connectivity index (χ4n) is 1.95. The van der Waals surface area contributed by atoms with Crippen molar-refractivity contribution in [2.24, 2.45) is 0 Å². The van der Waals surface area contributed by atoms with Crippen LogP contribution in [0.1, 0.15) is 24.1 Å². The Balaban J connectivity index is 1.91. The van der Waals surface area contributed by atoms with Gasteiger partial charge in [0.15, 0.2) is 6.61 Å². The van der Waals surface area contributed by atoms with Crippen molar-refractivity contribution in [3.05, 3.63) is 63.6 Å². The van der Waals surface area contributed by atoms with Crippen molar-refractivity contribution in [1.82, 2.24) is 5.32 Å². The number of nitrogens with zero attached hydrogens (tertiary/aromatic N) is 1. The van der Waals surface area contributed by atoms with Gasteiger partial charge in [0.25, 0.3) is 5.91 Å². The highest BCUT2D eigenvalue weighted by Gasteiger charge is 2.11. The Bertz CT molecular complexity index is 756. The second-order valence-corrected chi connectivity index (χ2v) is 5.71. The predicted molar refractivity (Wildman–Crippen MR) is 89.7 cm³/mol. The van der Waals surface area contributed by atoms with Crippen LogP contribution < -0.4 is 10.1 Å². The monoisotopic (exact) mass is 348 g/mol. The lowest BCUT2D eigenvalue weighted by Gasteiger charge is -2.15. The van der Waals surface area contributed by atoms with Gasteiger partial charge >= 0.3 is 0 Å². The molecule has 0 radical (unpaired) electrons. The van der Waals surface area contributed by atoms with Crippen molar-refractivity contribution in [2.75, 3.05) is 6.61 Å². The molecule has 1 unspecified atom stereocenters. The van der Waals surface area contributed by atoms with E-state index in [0.717, 1.165) is 5.56 Å². The smallest absolute Gasteiger partial charge is 0.258 e. The van der Waals surface area contributed by atoms with E-state index in [-0.39, 0.29) is 18.6 Å². The van der Waals surface area contributed by atoms with Crippen molar-refractivity contribution < 1.29 is 9.53 Å². The molecule has 2 aromatic rings. The lowest BCUT2D eigenvalue weighted by Crippen LogP contribution is -2.31. The van der Waals surface area contributed by atoms with Gasteiger partial charge < -0.3 is 10.1 Å². The van der Waals surface area contributed by atoms with Crippen LogP contribution in [0.4, 0.5) is 0 Å². The normalized spacial score (nSPS) is 11.4. The van der Waals surface area contributed by atoms with Crippen LogP contribution in [0.15, 0.2) is 42.5 Å². The van der Waals surface area contributed by atoms with Gasteiger partial charge in [0, 0.05) is 0 Å². The number of nitriles is 1. The molecule has 2 aromatic carbocycles. The van der Waals surface area contributed by atoms with Gasteiger partial charge in [0.2, 0.25) is 0 Å². The highest BCUT2D eigenvalue weighted by Crippen LogP contribution is 2.25. The summed E-state index contributed by atoms with van der Waals surface area (Å²) in [7, 11) is 0. The van der Waals surface area contributed by atoms with E-state index in [0.29, 0.717) is 21.4 Å². The molecule has 6 heteroatoms. The number of hydrogen-bond acceptors (Lipinski definition) is 3. The third kappa shape index (κ3) is 4.88. The fraction of sp³-hybridized carbons (Fsp3) is 0.176. The Labute approximate surface area is 144 Å². The molecular formula is C17H14Cl2N2O2. The highest BCUT2D eigenvalue weighted by atomic mass is 35.5. The van der Waals surface area contributed by atoms with E-state index in [1.807, 2.05) is 13.0 Å². The highest BCUT2D eigenvalue weighted by molar-refractivity contribution is 6.42. The first-order valence-corrected chi connectivity index (χ1v) is 7.62. The molecule has 23 heavy (non-hydrogen) atoms. The molecule has 0 spiro atoms. The molecule has 4 nitrogen and oxygen atoms in total. The molecule has 0 bridgehead atoms.